The third-order valence-corrected chi connectivity index (χ3v) is 5.49. The Kier molecular flexibility index (Phi) is 5.27. The Bertz CT molecular complexity index is 1470. The molecule has 0 aliphatic carbocycles. The van der Waals surface area contributed by atoms with Gasteiger partial charge < -0.3 is 15.2 Å². The number of aromatic nitrogens is 3. The van der Waals surface area contributed by atoms with Crippen LogP contribution in [0.2, 0.25) is 0 Å². The molecule has 1 aliphatic heterocycles. The Hall–Kier alpha value is -4.61. The van der Waals surface area contributed by atoms with Crippen molar-refractivity contribution in [3.05, 3.63) is 77.9 Å². The highest BCUT2D eigenvalue weighted by Crippen LogP contribution is 2.33. The first kappa shape index (κ1) is 22.2. The molecule has 0 unspecified atom stereocenters. The highest BCUT2D eigenvalue weighted by atomic mass is 19.4. The fourth-order valence-electron chi connectivity index (χ4n) is 3.81. The fraction of sp³-hybridized carbons (Fsp3) is 0.130. The van der Waals surface area contributed by atoms with Crippen molar-refractivity contribution in [2.24, 2.45) is 0 Å². The maximum Gasteiger partial charge on any atom is 0.416 e. The number of fused-ring (bicyclic) bond motifs is 2. The van der Waals surface area contributed by atoms with Crippen LogP contribution < -0.4 is 10.1 Å². The zero-order valence-electron chi connectivity index (χ0n) is 17.8. The van der Waals surface area contributed by atoms with E-state index in [1.165, 1.54) is 34.1 Å². The monoisotopic (exact) mass is 483 g/mol. The lowest BCUT2D eigenvalue weighted by molar-refractivity contribution is -0.137. The van der Waals surface area contributed by atoms with Crippen LogP contribution in [-0.4, -0.2) is 36.7 Å². The number of alkyl halides is 3. The van der Waals surface area contributed by atoms with Gasteiger partial charge in [0.1, 0.15) is 12.1 Å². The number of anilines is 1. The molecule has 9 nitrogen and oxygen atoms in total. The lowest BCUT2D eigenvalue weighted by Crippen LogP contribution is -2.22. The van der Waals surface area contributed by atoms with Crippen molar-refractivity contribution in [3.8, 4) is 11.6 Å². The van der Waals surface area contributed by atoms with E-state index in [9.17, 15) is 27.9 Å². The predicted octanol–water partition coefficient (Wildman–Crippen LogP) is 5.32. The van der Waals surface area contributed by atoms with Gasteiger partial charge in [-0.1, -0.05) is 6.07 Å². The number of hydrogen-bond donors (Lipinski definition) is 2. The van der Waals surface area contributed by atoms with E-state index in [0.29, 0.717) is 27.9 Å². The van der Waals surface area contributed by atoms with Crippen LogP contribution in [0.25, 0.3) is 10.9 Å². The number of nitrogens with zero attached hydrogens (tertiary/aromatic N) is 4. The summed E-state index contributed by atoms with van der Waals surface area (Å²) in [6, 6.07) is 10.3. The summed E-state index contributed by atoms with van der Waals surface area (Å²) in [4.78, 5) is 33.4. The van der Waals surface area contributed by atoms with E-state index in [1.54, 1.807) is 24.3 Å². The van der Waals surface area contributed by atoms with E-state index in [-0.39, 0.29) is 24.7 Å². The van der Waals surface area contributed by atoms with E-state index in [4.69, 9.17) is 4.74 Å². The van der Waals surface area contributed by atoms with Gasteiger partial charge in [-0.25, -0.2) is 19.6 Å². The zero-order chi connectivity index (χ0) is 24.7. The molecule has 2 aromatic heterocycles. The molecule has 1 aliphatic rings. The van der Waals surface area contributed by atoms with Gasteiger partial charge in [-0.2, -0.15) is 13.2 Å². The summed E-state index contributed by atoms with van der Waals surface area (Å²) in [6.07, 6.45) is -2.80. The second-order valence-corrected chi connectivity index (χ2v) is 7.76. The van der Waals surface area contributed by atoms with Crippen molar-refractivity contribution < 1.29 is 32.6 Å². The number of nitrogens with one attached hydrogen (secondary N) is 1. The molecule has 2 N–H and O–H groups in total. The topological polar surface area (TPSA) is 110 Å². The number of benzene rings is 2. The van der Waals surface area contributed by atoms with Gasteiger partial charge in [0.15, 0.2) is 0 Å². The summed E-state index contributed by atoms with van der Waals surface area (Å²) in [6.45, 7) is 0.252. The summed E-state index contributed by atoms with van der Waals surface area (Å²) >= 11 is 0. The Morgan fingerprint density at radius 1 is 1.06 bits per heavy atom. The third kappa shape index (κ3) is 4.33. The second kappa shape index (κ2) is 8.31. The molecule has 2 amide bonds. The number of ether oxygens (including phenoxy) is 1. The van der Waals surface area contributed by atoms with Crippen molar-refractivity contribution in [1.29, 1.82) is 0 Å². The lowest BCUT2D eigenvalue weighted by Gasteiger charge is -2.11. The number of hydrogen-bond acceptors (Lipinski definition) is 5. The summed E-state index contributed by atoms with van der Waals surface area (Å²) < 4.78 is 46.0. The van der Waals surface area contributed by atoms with E-state index < -0.39 is 23.9 Å². The van der Waals surface area contributed by atoms with Crippen LogP contribution in [0, 0.1) is 0 Å². The van der Waals surface area contributed by atoms with Gasteiger partial charge in [0.05, 0.1) is 35.4 Å². The minimum absolute atomic E-state index is 0.0136. The number of halogens is 3. The molecule has 0 saturated carbocycles. The van der Waals surface area contributed by atoms with E-state index in [0.717, 1.165) is 12.1 Å². The largest absolute Gasteiger partial charge is 0.465 e. The van der Waals surface area contributed by atoms with Gasteiger partial charge in [-0.3, -0.25) is 9.47 Å². The quantitative estimate of drug-likeness (QED) is 0.408. The summed E-state index contributed by atoms with van der Waals surface area (Å²) in [7, 11) is 0. The van der Waals surface area contributed by atoms with Crippen molar-refractivity contribution in [2.75, 3.05) is 5.32 Å². The first-order valence-corrected chi connectivity index (χ1v) is 10.3. The van der Waals surface area contributed by atoms with E-state index in [1.807, 2.05) is 0 Å². The number of carbonyl (C=O) groups is 2. The zero-order valence-corrected chi connectivity index (χ0v) is 17.8. The van der Waals surface area contributed by atoms with Gasteiger partial charge in [0.25, 0.3) is 0 Å². The van der Waals surface area contributed by atoms with E-state index >= 15 is 0 Å². The molecule has 2 aromatic carbocycles. The van der Waals surface area contributed by atoms with Crippen LogP contribution >= 0.6 is 0 Å². The minimum atomic E-state index is -4.52. The highest BCUT2D eigenvalue weighted by molar-refractivity contribution is 5.98. The van der Waals surface area contributed by atoms with Gasteiger partial charge >= 0.3 is 18.3 Å². The average molecular weight is 483 g/mol. The first-order chi connectivity index (χ1) is 16.7. The van der Waals surface area contributed by atoms with Crippen molar-refractivity contribution in [1.82, 2.24) is 19.4 Å². The molecule has 0 saturated heterocycles. The number of carbonyl (C=O) groups excluding carboxylic acids is 1. The molecule has 35 heavy (non-hydrogen) atoms. The van der Waals surface area contributed by atoms with Crippen LogP contribution in [0.1, 0.15) is 16.8 Å². The molecule has 3 heterocycles. The Morgan fingerprint density at radius 2 is 1.89 bits per heavy atom. The molecular weight excluding hydrogens is 467 g/mol. The Balaban J connectivity index is 1.36. The molecule has 0 spiro atoms. The Labute approximate surface area is 195 Å². The van der Waals surface area contributed by atoms with Crippen LogP contribution in [0.5, 0.6) is 11.6 Å². The van der Waals surface area contributed by atoms with Gasteiger partial charge in [-0.15, -0.1) is 0 Å². The fourth-order valence-corrected chi connectivity index (χ4v) is 3.81. The molecule has 178 valence electrons. The smallest absolute Gasteiger partial charge is 0.416 e. The van der Waals surface area contributed by atoms with Crippen molar-refractivity contribution in [3.63, 3.8) is 0 Å². The van der Waals surface area contributed by atoms with Gasteiger partial charge in [-0.05, 0) is 42.5 Å². The molecule has 0 bridgehead atoms. The molecule has 0 fully saturated rings. The summed E-state index contributed by atoms with van der Waals surface area (Å²) in [5.41, 5.74) is 0.799. The maximum atomic E-state index is 12.9. The SMILES string of the molecule is O=C(O)N1Cc2ncnc(Oc3ccc4c(ccn4C(=O)Nc4cccc(C(F)(F)F)c4)c3)c2C1. The maximum absolute atomic E-state index is 12.9. The third-order valence-electron chi connectivity index (χ3n) is 5.49. The van der Waals surface area contributed by atoms with Crippen molar-refractivity contribution >= 4 is 28.7 Å². The summed E-state index contributed by atoms with van der Waals surface area (Å²) in [5, 5.41) is 12.3. The summed E-state index contributed by atoms with van der Waals surface area (Å²) in [5.74, 6) is 0.642. The molecule has 0 atom stereocenters. The number of carboxylic acid groups (broad SMARTS) is 1. The van der Waals surface area contributed by atoms with Crippen LogP contribution in [0.3, 0.4) is 0 Å². The standard InChI is InChI=1S/C23H16F3N5O4/c24-23(25,26)14-2-1-3-15(9-14)29-21(32)31-7-6-13-8-16(4-5-19(13)31)35-20-17-10-30(22(33)34)11-18(17)27-12-28-20/h1-9,12H,10-11H2,(H,29,32)(H,33,34). The van der Waals surface area contributed by atoms with E-state index in [2.05, 4.69) is 15.3 Å². The Morgan fingerprint density at radius 3 is 2.66 bits per heavy atom. The average Bonchev–Trinajstić information content (AvgIpc) is 3.44. The lowest BCUT2D eigenvalue weighted by atomic mass is 10.2. The molecule has 0 radical (unpaired) electrons. The molecule has 12 heteroatoms. The van der Waals surface area contributed by atoms with Gasteiger partial charge in [0, 0.05) is 17.3 Å². The number of amides is 2. The number of rotatable bonds is 3. The highest BCUT2D eigenvalue weighted by Gasteiger charge is 2.31. The minimum Gasteiger partial charge on any atom is -0.465 e. The second-order valence-electron chi connectivity index (χ2n) is 7.76. The molecule has 4 aromatic rings. The molecule has 5 rings (SSSR count). The van der Waals surface area contributed by atoms with Crippen LogP contribution in [0.4, 0.5) is 28.4 Å². The van der Waals surface area contributed by atoms with Crippen molar-refractivity contribution in [2.45, 2.75) is 19.3 Å². The van der Waals surface area contributed by atoms with Crippen LogP contribution in [0.15, 0.2) is 61.1 Å². The van der Waals surface area contributed by atoms with Crippen LogP contribution in [-0.2, 0) is 19.3 Å². The first-order valence-electron chi connectivity index (χ1n) is 10.3. The normalized spacial score (nSPS) is 13.1. The molecular formula is C23H16F3N5O4. The predicted molar refractivity (Wildman–Crippen MR) is 117 cm³/mol. The van der Waals surface area contributed by atoms with Gasteiger partial charge in [0.2, 0.25) is 5.88 Å².